The van der Waals surface area contributed by atoms with Gasteiger partial charge in [0, 0.05) is 30.0 Å². The Balaban J connectivity index is 2.04. The molecule has 0 aliphatic heterocycles. The number of carbonyl (C=O) groups excluding carboxylic acids is 1. The molecule has 1 aromatic rings. The van der Waals surface area contributed by atoms with Gasteiger partial charge < -0.3 is 9.47 Å². The van der Waals surface area contributed by atoms with Gasteiger partial charge in [-0.05, 0) is 37.5 Å². The quantitative estimate of drug-likeness (QED) is 0.802. The van der Waals surface area contributed by atoms with Gasteiger partial charge in [-0.15, -0.1) is 0 Å². The monoisotopic (exact) mass is 326 g/mol. The number of halogens is 1. The van der Waals surface area contributed by atoms with E-state index >= 15 is 0 Å². The molecule has 1 saturated carbocycles. The first kappa shape index (κ1) is 14.5. The SMILES string of the molecule is COc1ccc(Br)cc1CC(=O)CC1(OC)CCC1. The molecule has 0 amide bonds. The Morgan fingerprint density at radius 1 is 1.37 bits per heavy atom. The van der Waals surface area contributed by atoms with Crippen molar-refractivity contribution in [3.8, 4) is 5.75 Å². The summed E-state index contributed by atoms with van der Waals surface area (Å²) in [7, 11) is 3.33. The Bertz CT molecular complexity index is 461. The minimum atomic E-state index is -0.198. The lowest BCUT2D eigenvalue weighted by Crippen LogP contribution is -2.41. The molecule has 1 fully saturated rings. The van der Waals surface area contributed by atoms with E-state index in [1.165, 1.54) is 0 Å². The lowest BCUT2D eigenvalue weighted by Gasteiger charge is -2.40. The molecule has 1 aromatic carbocycles. The van der Waals surface area contributed by atoms with Crippen LogP contribution in [-0.2, 0) is 16.0 Å². The second-order valence-corrected chi connectivity index (χ2v) is 6.00. The van der Waals surface area contributed by atoms with Crippen molar-refractivity contribution in [1.29, 1.82) is 0 Å². The second-order valence-electron chi connectivity index (χ2n) is 5.09. The standard InChI is InChI=1S/C15H19BrO3/c1-18-14-5-4-12(16)8-11(14)9-13(17)10-15(19-2)6-3-7-15/h4-5,8H,3,6-7,9-10H2,1-2H3. The van der Waals surface area contributed by atoms with Gasteiger partial charge >= 0.3 is 0 Å². The minimum Gasteiger partial charge on any atom is -0.496 e. The van der Waals surface area contributed by atoms with Crippen molar-refractivity contribution in [3.05, 3.63) is 28.2 Å². The molecule has 0 aromatic heterocycles. The van der Waals surface area contributed by atoms with Crippen LogP contribution in [0.2, 0.25) is 0 Å². The Kier molecular flexibility index (Phi) is 4.63. The third-order valence-corrected chi connectivity index (χ3v) is 4.34. The average Bonchev–Trinajstić information content (AvgIpc) is 2.34. The zero-order valence-electron chi connectivity index (χ0n) is 11.4. The van der Waals surface area contributed by atoms with Crippen molar-refractivity contribution in [2.24, 2.45) is 0 Å². The highest BCUT2D eigenvalue weighted by atomic mass is 79.9. The molecule has 3 nitrogen and oxygen atoms in total. The van der Waals surface area contributed by atoms with Crippen LogP contribution in [0.25, 0.3) is 0 Å². The van der Waals surface area contributed by atoms with Gasteiger partial charge in [-0.25, -0.2) is 0 Å². The van der Waals surface area contributed by atoms with Crippen molar-refractivity contribution >= 4 is 21.7 Å². The molecule has 0 bridgehead atoms. The number of methoxy groups -OCH3 is 2. The van der Waals surface area contributed by atoms with Crippen LogP contribution in [0.3, 0.4) is 0 Å². The fraction of sp³-hybridized carbons (Fsp3) is 0.533. The molecular weight excluding hydrogens is 308 g/mol. The number of Topliss-reactive ketones (excluding diaryl/α,β-unsaturated/α-hetero) is 1. The van der Waals surface area contributed by atoms with Crippen molar-refractivity contribution < 1.29 is 14.3 Å². The maximum atomic E-state index is 12.2. The highest BCUT2D eigenvalue weighted by Gasteiger charge is 2.38. The fourth-order valence-electron chi connectivity index (χ4n) is 2.54. The molecule has 4 heteroatoms. The van der Waals surface area contributed by atoms with Gasteiger partial charge in [-0.3, -0.25) is 4.79 Å². The smallest absolute Gasteiger partial charge is 0.140 e. The van der Waals surface area contributed by atoms with E-state index < -0.39 is 0 Å². The largest absolute Gasteiger partial charge is 0.496 e. The van der Waals surface area contributed by atoms with E-state index in [0.29, 0.717) is 12.8 Å². The van der Waals surface area contributed by atoms with Crippen LogP contribution in [0.15, 0.2) is 22.7 Å². The van der Waals surface area contributed by atoms with Crippen LogP contribution < -0.4 is 4.74 Å². The predicted octanol–water partition coefficient (Wildman–Crippen LogP) is 3.53. The van der Waals surface area contributed by atoms with Crippen LogP contribution >= 0.6 is 15.9 Å². The number of rotatable bonds is 6. The number of carbonyl (C=O) groups is 1. The molecule has 0 unspecified atom stereocenters. The van der Waals surface area contributed by atoms with E-state index in [1.54, 1.807) is 14.2 Å². The molecule has 1 aliphatic carbocycles. The van der Waals surface area contributed by atoms with Crippen LogP contribution in [0.5, 0.6) is 5.75 Å². The summed E-state index contributed by atoms with van der Waals surface area (Å²) in [6.45, 7) is 0. The highest BCUT2D eigenvalue weighted by Crippen LogP contribution is 2.38. The fourth-order valence-corrected chi connectivity index (χ4v) is 2.95. The minimum absolute atomic E-state index is 0.198. The molecule has 0 heterocycles. The third-order valence-electron chi connectivity index (χ3n) is 3.85. The molecule has 0 atom stereocenters. The van der Waals surface area contributed by atoms with Crippen molar-refractivity contribution in [2.75, 3.05) is 14.2 Å². The van der Waals surface area contributed by atoms with Gasteiger partial charge in [0.1, 0.15) is 11.5 Å². The summed E-state index contributed by atoms with van der Waals surface area (Å²) in [5.74, 6) is 0.967. The molecule has 0 N–H and O–H groups in total. The maximum absolute atomic E-state index is 12.2. The second kappa shape index (κ2) is 6.06. The third kappa shape index (κ3) is 3.37. The van der Waals surface area contributed by atoms with E-state index in [4.69, 9.17) is 9.47 Å². The summed E-state index contributed by atoms with van der Waals surface area (Å²) in [6, 6.07) is 5.73. The Morgan fingerprint density at radius 3 is 2.63 bits per heavy atom. The number of ether oxygens (including phenoxy) is 2. The number of hydrogen-bond donors (Lipinski definition) is 0. The molecule has 0 spiro atoms. The number of ketones is 1. The van der Waals surface area contributed by atoms with Crippen LogP contribution in [-0.4, -0.2) is 25.6 Å². The van der Waals surface area contributed by atoms with E-state index in [-0.39, 0.29) is 11.4 Å². The van der Waals surface area contributed by atoms with Gasteiger partial charge in [0.2, 0.25) is 0 Å². The van der Waals surface area contributed by atoms with Crippen molar-refractivity contribution in [1.82, 2.24) is 0 Å². The Hall–Kier alpha value is -0.870. The topological polar surface area (TPSA) is 35.5 Å². The first-order valence-electron chi connectivity index (χ1n) is 6.48. The van der Waals surface area contributed by atoms with Crippen molar-refractivity contribution in [2.45, 2.75) is 37.7 Å². The number of benzene rings is 1. The maximum Gasteiger partial charge on any atom is 0.140 e. The van der Waals surface area contributed by atoms with Crippen molar-refractivity contribution in [3.63, 3.8) is 0 Å². The Labute approximate surface area is 122 Å². The Morgan fingerprint density at radius 2 is 2.11 bits per heavy atom. The lowest BCUT2D eigenvalue weighted by molar-refractivity contribution is -0.131. The zero-order valence-corrected chi connectivity index (χ0v) is 13.0. The first-order chi connectivity index (χ1) is 9.08. The predicted molar refractivity (Wildman–Crippen MR) is 77.6 cm³/mol. The van der Waals surface area contributed by atoms with Gasteiger partial charge in [0.05, 0.1) is 12.7 Å². The highest BCUT2D eigenvalue weighted by molar-refractivity contribution is 9.10. The van der Waals surface area contributed by atoms with E-state index in [9.17, 15) is 4.79 Å². The summed E-state index contributed by atoms with van der Waals surface area (Å²) < 4.78 is 11.8. The molecule has 0 radical (unpaired) electrons. The molecule has 1 aliphatic rings. The van der Waals surface area contributed by atoms with Gasteiger partial charge in [0.15, 0.2) is 0 Å². The van der Waals surface area contributed by atoms with Crippen LogP contribution in [0.1, 0.15) is 31.2 Å². The van der Waals surface area contributed by atoms with E-state index in [0.717, 1.165) is 35.0 Å². The molecule has 0 saturated heterocycles. The van der Waals surface area contributed by atoms with E-state index in [2.05, 4.69) is 15.9 Å². The van der Waals surface area contributed by atoms with E-state index in [1.807, 2.05) is 18.2 Å². The van der Waals surface area contributed by atoms with Gasteiger partial charge in [-0.2, -0.15) is 0 Å². The number of hydrogen-bond acceptors (Lipinski definition) is 3. The lowest BCUT2D eigenvalue weighted by atomic mass is 9.76. The normalized spacial score (nSPS) is 16.8. The zero-order chi connectivity index (χ0) is 13.9. The molecule has 2 rings (SSSR count). The molecule has 104 valence electrons. The summed E-state index contributed by atoms with van der Waals surface area (Å²) in [5.41, 5.74) is 0.725. The van der Waals surface area contributed by atoms with Gasteiger partial charge in [0.25, 0.3) is 0 Å². The van der Waals surface area contributed by atoms with Gasteiger partial charge in [-0.1, -0.05) is 15.9 Å². The molecular formula is C15H19BrO3. The summed E-state index contributed by atoms with van der Waals surface area (Å²) >= 11 is 3.42. The molecule has 19 heavy (non-hydrogen) atoms. The van der Waals surface area contributed by atoms with Crippen LogP contribution in [0, 0.1) is 0 Å². The van der Waals surface area contributed by atoms with Crippen LogP contribution in [0.4, 0.5) is 0 Å². The summed E-state index contributed by atoms with van der Waals surface area (Å²) in [5, 5.41) is 0. The first-order valence-corrected chi connectivity index (χ1v) is 7.27. The summed E-state index contributed by atoms with van der Waals surface area (Å²) in [6.07, 6.45) is 4.03. The summed E-state index contributed by atoms with van der Waals surface area (Å²) in [4.78, 5) is 12.2. The average molecular weight is 327 g/mol.